The number of rotatable bonds is 4. The molecule has 5 heteroatoms. The van der Waals surface area contributed by atoms with E-state index in [0.717, 1.165) is 25.3 Å². The molecule has 0 aromatic rings. The third-order valence-electron chi connectivity index (χ3n) is 5.27. The monoisotopic (exact) mass is 318 g/mol. The van der Waals surface area contributed by atoms with Crippen LogP contribution in [0.5, 0.6) is 0 Å². The van der Waals surface area contributed by atoms with Gasteiger partial charge in [0.2, 0.25) is 5.91 Å². The van der Waals surface area contributed by atoms with Gasteiger partial charge in [0, 0.05) is 17.2 Å². The molecule has 0 aromatic heterocycles. The number of thioether (sulfide) groups is 1. The Bertz CT molecular complexity index is 347. The van der Waals surface area contributed by atoms with E-state index in [1.807, 2.05) is 11.8 Å². The smallest absolute Gasteiger partial charge is 0.223 e. The topological polar surface area (TPSA) is 41.1 Å². The van der Waals surface area contributed by atoms with E-state index >= 15 is 0 Å². The van der Waals surface area contributed by atoms with Crippen LogP contribution in [0.3, 0.4) is 0 Å². The van der Waals surface area contributed by atoms with Crippen molar-refractivity contribution in [2.45, 2.75) is 56.7 Å². The summed E-state index contributed by atoms with van der Waals surface area (Å²) in [6, 6.07) is 0.441. The highest BCUT2D eigenvalue weighted by Crippen LogP contribution is 2.58. The van der Waals surface area contributed by atoms with Crippen molar-refractivity contribution in [3.8, 4) is 0 Å². The molecule has 2 saturated carbocycles. The zero-order valence-electron chi connectivity index (χ0n) is 12.3. The fourth-order valence-electron chi connectivity index (χ4n) is 3.98. The molecule has 3 aliphatic rings. The number of carbonyl (C=O) groups is 1. The predicted octanol–water partition coefficient (Wildman–Crippen LogP) is 2.59. The Labute approximate surface area is 132 Å². The van der Waals surface area contributed by atoms with Gasteiger partial charge >= 0.3 is 0 Å². The summed E-state index contributed by atoms with van der Waals surface area (Å²) >= 11 is 2.02. The van der Waals surface area contributed by atoms with Crippen molar-refractivity contribution in [1.29, 1.82) is 0 Å². The highest BCUT2D eigenvalue weighted by atomic mass is 35.5. The van der Waals surface area contributed by atoms with E-state index in [9.17, 15) is 4.79 Å². The van der Waals surface area contributed by atoms with Gasteiger partial charge in [-0.3, -0.25) is 4.79 Å². The Morgan fingerprint density at radius 2 is 2.10 bits per heavy atom. The van der Waals surface area contributed by atoms with Crippen LogP contribution >= 0.6 is 24.2 Å². The van der Waals surface area contributed by atoms with E-state index in [0.29, 0.717) is 28.5 Å². The molecular formula is C15H27ClN2OS. The third-order valence-corrected chi connectivity index (χ3v) is 6.59. The Morgan fingerprint density at radius 3 is 2.80 bits per heavy atom. The molecule has 20 heavy (non-hydrogen) atoms. The van der Waals surface area contributed by atoms with Gasteiger partial charge in [-0.1, -0.05) is 13.3 Å². The predicted molar refractivity (Wildman–Crippen MR) is 87.6 cm³/mol. The highest BCUT2D eigenvalue weighted by molar-refractivity contribution is 7.99. The summed E-state index contributed by atoms with van der Waals surface area (Å²) < 4.78 is 0. The second-order valence-corrected chi connectivity index (χ2v) is 7.93. The molecule has 1 heterocycles. The minimum absolute atomic E-state index is 0. The molecule has 1 spiro atoms. The number of carbonyl (C=O) groups excluding carboxylic acids is 1. The molecular weight excluding hydrogens is 292 g/mol. The molecule has 3 nitrogen and oxygen atoms in total. The molecule has 2 aliphatic carbocycles. The van der Waals surface area contributed by atoms with Gasteiger partial charge in [0.1, 0.15) is 0 Å². The first-order chi connectivity index (χ1) is 9.25. The highest BCUT2D eigenvalue weighted by Gasteiger charge is 2.57. The van der Waals surface area contributed by atoms with Crippen molar-refractivity contribution in [2.75, 3.05) is 18.8 Å². The van der Waals surface area contributed by atoms with E-state index in [1.165, 1.54) is 32.1 Å². The minimum Gasteiger partial charge on any atom is -0.352 e. The van der Waals surface area contributed by atoms with Crippen LogP contribution in [0, 0.1) is 11.3 Å². The first kappa shape index (κ1) is 16.4. The van der Waals surface area contributed by atoms with Crippen LogP contribution in [0.1, 0.15) is 45.4 Å². The zero-order valence-corrected chi connectivity index (χ0v) is 14.0. The standard InChI is InChI=1S/C15H26N2OS.ClH/c1-2-19-13-5-3-4-12(13)17-14(18)11-10-15(11)6-8-16-9-7-15;/h11-13,16H,2-10H2,1H3,(H,17,18);1H. The second-order valence-electron chi connectivity index (χ2n) is 6.41. The molecule has 0 bridgehead atoms. The van der Waals surface area contributed by atoms with Crippen LogP contribution in [-0.4, -0.2) is 36.0 Å². The van der Waals surface area contributed by atoms with Crippen LogP contribution < -0.4 is 10.6 Å². The number of hydrogen-bond acceptors (Lipinski definition) is 3. The summed E-state index contributed by atoms with van der Waals surface area (Å²) in [7, 11) is 0. The Balaban J connectivity index is 0.00000147. The van der Waals surface area contributed by atoms with Crippen molar-refractivity contribution in [1.82, 2.24) is 10.6 Å². The molecule has 2 N–H and O–H groups in total. The van der Waals surface area contributed by atoms with Crippen molar-refractivity contribution in [3.63, 3.8) is 0 Å². The average molecular weight is 319 g/mol. The van der Waals surface area contributed by atoms with Crippen LogP contribution in [0.15, 0.2) is 0 Å². The van der Waals surface area contributed by atoms with Crippen LogP contribution in [0.4, 0.5) is 0 Å². The van der Waals surface area contributed by atoms with E-state index in [2.05, 4.69) is 17.6 Å². The molecule has 0 radical (unpaired) electrons. The lowest BCUT2D eigenvalue weighted by molar-refractivity contribution is -0.123. The number of halogens is 1. The number of piperidine rings is 1. The minimum atomic E-state index is 0. The van der Waals surface area contributed by atoms with E-state index in [-0.39, 0.29) is 12.4 Å². The fourth-order valence-corrected chi connectivity index (χ4v) is 5.18. The molecule has 3 fully saturated rings. The van der Waals surface area contributed by atoms with Crippen LogP contribution in [-0.2, 0) is 4.79 Å². The lowest BCUT2D eigenvalue weighted by atomic mass is 9.91. The van der Waals surface area contributed by atoms with Crippen molar-refractivity contribution in [2.24, 2.45) is 11.3 Å². The molecule has 1 aliphatic heterocycles. The number of nitrogens with one attached hydrogen (secondary N) is 2. The van der Waals surface area contributed by atoms with Crippen LogP contribution in [0.25, 0.3) is 0 Å². The van der Waals surface area contributed by atoms with Crippen molar-refractivity contribution in [3.05, 3.63) is 0 Å². The summed E-state index contributed by atoms with van der Waals surface area (Å²) in [6.07, 6.45) is 7.28. The lowest BCUT2D eigenvalue weighted by Gasteiger charge is -2.25. The van der Waals surface area contributed by atoms with Gasteiger partial charge in [0.25, 0.3) is 0 Å². The maximum Gasteiger partial charge on any atom is 0.223 e. The van der Waals surface area contributed by atoms with Gasteiger partial charge < -0.3 is 10.6 Å². The Hall–Kier alpha value is 0.0700. The lowest BCUT2D eigenvalue weighted by Crippen LogP contribution is -2.41. The summed E-state index contributed by atoms with van der Waals surface area (Å²) in [5.74, 6) is 1.84. The normalized spacial score (nSPS) is 34.5. The Kier molecular flexibility index (Phi) is 5.66. The first-order valence-electron chi connectivity index (χ1n) is 7.88. The fraction of sp³-hybridized carbons (Fsp3) is 0.933. The summed E-state index contributed by atoms with van der Waals surface area (Å²) in [5.41, 5.74) is 0.376. The molecule has 3 rings (SSSR count). The van der Waals surface area contributed by atoms with E-state index < -0.39 is 0 Å². The Morgan fingerprint density at radius 1 is 1.35 bits per heavy atom. The largest absolute Gasteiger partial charge is 0.352 e. The zero-order chi connectivity index (χ0) is 13.3. The van der Waals surface area contributed by atoms with Gasteiger partial charge in [-0.25, -0.2) is 0 Å². The maximum atomic E-state index is 12.4. The van der Waals surface area contributed by atoms with E-state index in [1.54, 1.807) is 0 Å². The maximum absolute atomic E-state index is 12.4. The third kappa shape index (κ3) is 3.28. The average Bonchev–Trinajstić information content (AvgIpc) is 2.92. The SMILES string of the molecule is CCSC1CCCC1NC(=O)C1CC12CCNCC2.Cl. The van der Waals surface area contributed by atoms with Gasteiger partial charge in [-0.05, 0) is 56.4 Å². The molecule has 3 unspecified atom stereocenters. The van der Waals surface area contributed by atoms with Crippen LogP contribution in [0.2, 0.25) is 0 Å². The van der Waals surface area contributed by atoms with Crippen molar-refractivity contribution >= 4 is 30.1 Å². The first-order valence-corrected chi connectivity index (χ1v) is 8.93. The van der Waals surface area contributed by atoms with Gasteiger partial charge in [-0.15, -0.1) is 12.4 Å². The number of hydrogen-bond donors (Lipinski definition) is 2. The summed E-state index contributed by atoms with van der Waals surface area (Å²) in [4.78, 5) is 12.4. The van der Waals surface area contributed by atoms with Gasteiger partial charge in [0.05, 0.1) is 0 Å². The molecule has 1 amide bonds. The summed E-state index contributed by atoms with van der Waals surface area (Å²) in [5, 5.41) is 7.43. The molecule has 116 valence electrons. The van der Waals surface area contributed by atoms with Gasteiger partial charge in [0.15, 0.2) is 0 Å². The number of amides is 1. The second kappa shape index (κ2) is 6.89. The summed E-state index contributed by atoms with van der Waals surface area (Å²) in [6.45, 7) is 4.41. The van der Waals surface area contributed by atoms with Crippen molar-refractivity contribution < 1.29 is 4.79 Å². The van der Waals surface area contributed by atoms with E-state index in [4.69, 9.17) is 0 Å². The quantitative estimate of drug-likeness (QED) is 0.837. The van der Waals surface area contributed by atoms with Gasteiger partial charge in [-0.2, -0.15) is 11.8 Å². The molecule has 1 saturated heterocycles. The molecule has 0 aromatic carbocycles. The molecule has 3 atom stereocenters.